The number of aryl methyl sites for hydroxylation is 1. The second-order valence-electron chi connectivity index (χ2n) is 2.72. The fourth-order valence-electron chi connectivity index (χ4n) is 1.10. The first-order valence-electron chi connectivity index (χ1n) is 4.19. The first-order chi connectivity index (χ1) is 5.79. The van der Waals surface area contributed by atoms with Crippen LogP contribution in [0.1, 0.15) is 18.9 Å². The van der Waals surface area contributed by atoms with E-state index < -0.39 is 0 Å². The second-order valence-corrected chi connectivity index (χ2v) is 2.72. The highest BCUT2D eigenvalue weighted by molar-refractivity contribution is 5.06. The Morgan fingerprint density at radius 1 is 1.67 bits per heavy atom. The molecule has 0 bridgehead atoms. The Kier molecular flexibility index (Phi) is 3.22. The molecule has 1 heterocycles. The van der Waals surface area contributed by atoms with E-state index >= 15 is 0 Å². The molecule has 0 saturated heterocycles. The molecule has 0 unspecified atom stereocenters. The topological polar surface area (TPSA) is 43.8 Å². The Labute approximate surface area is 71.4 Å². The monoisotopic (exact) mass is 171 g/mol. The molecule has 0 amide bonds. The Morgan fingerprint density at radius 3 is 3.00 bits per heavy atom. The molecule has 3 nitrogen and oxygen atoms in total. The quantitative estimate of drug-likeness (QED) is 0.732. The standard InChI is InChI=1S/C8H14FN3/c1-2-5-12-8(9)7(3-4-10)6-11-12/h6H,2-5,10H2,1H3. The molecule has 0 saturated carbocycles. The molecule has 1 aromatic rings. The number of halogens is 1. The number of nitrogens with zero attached hydrogens (tertiary/aromatic N) is 2. The van der Waals surface area contributed by atoms with Crippen LogP contribution in [0.15, 0.2) is 6.20 Å². The number of aromatic nitrogens is 2. The first kappa shape index (κ1) is 9.19. The summed E-state index contributed by atoms with van der Waals surface area (Å²) in [6, 6.07) is 0. The summed E-state index contributed by atoms with van der Waals surface area (Å²) in [4.78, 5) is 0. The van der Waals surface area contributed by atoms with Crippen molar-refractivity contribution in [3.05, 3.63) is 17.7 Å². The molecule has 12 heavy (non-hydrogen) atoms. The lowest BCUT2D eigenvalue weighted by molar-refractivity contribution is 0.447. The van der Waals surface area contributed by atoms with Gasteiger partial charge in [0.15, 0.2) is 0 Å². The summed E-state index contributed by atoms with van der Waals surface area (Å²) >= 11 is 0. The predicted molar refractivity (Wildman–Crippen MR) is 45.2 cm³/mol. The number of hydrogen-bond donors (Lipinski definition) is 1. The van der Waals surface area contributed by atoms with Gasteiger partial charge in [0.05, 0.1) is 6.20 Å². The van der Waals surface area contributed by atoms with E-state index in [1.165, 1.54) is 4.68 Å². The fourth-order valence-corrected chi connectivity index (χ4v) is 1.10. The molecule has 0 aliphatic heterocycles. The highest BCUT2D eigenvalue weighted by atomic mass is 19.1. The second kappa shape index (κ2) is 4.21. The Morgan fingerprint density at radius 2 is 2.42 bits per heavy atom. The summed E-state index contributed by atoms with van der Waals surface area (Å²) in [5.74, 6) is -0.234. The van der Waals surface area contributed by atoms with Gasteiger partial charge in [0.1, 0.15) is 0 Å². The van der Waals surface area contributed by atoms with E-state index in [4.69, 9.17) is 5.73 Å². The summed E-state index contributed by atoms with van der Waals surface area (Å²) in [6.07, 6.45) is 3.01. The van der Waals surface area contributed by atoms with Gasteiger partial charge in [-0.15, -0.1) is 0 Å². The van der Waals surface area contributed by atoms with E-state index in [2.05, 4.69) is 5.10 Å². The lowest BCUT2D eigenvalue weighted by atomic mass is 10.2. The van der Waals surface area contributed by atoms with Crippen LogP contribution < -0.4 is 5.73 Å². The summed E-state index contributed by atoms with van der Waals surface area (Å²) in [6.45, 7) is 3.09. The summed E-state index contributed by atoms with van der Waals surface area (Å²) < 4.78 is 14.6. The molecule has 4 heteroatoms. The van der Waals surface area contributed by atoms with Crippen molar-refractivity contribution in [1.82, 2.24) is 9.78 Å². The Hall–Kier alpha value is -0.900. The van der Waals surface area contributed by atoms with Gasteiger partial charge in [0, 0.05) is 12.1 Å². The predicted octanol–water partition coefficient (Wildman–Crippen LogP) is 0.933. The van der Waals surface area contributed by atoms with Gasteiger partial charge in [-0.1, -0.05) is 6.92 Å². The zero-order valence-corrected chi connectivity index (χ0v) is 7.26. The van der Waals surface area contributed by atoms with E-state index in [0.29, 0.717) is 25.1 Å². The van der Waals surface area contributed by atoms with Crippen LogP contribution in [-0.4, -0.2) is 16.3 Å². The lowest BCUT2D eigenvalue weighted by Crippen LogP contribution is -2.06. The first-order valence-corrected chi connectivity index (χ1v) is 4.19. The van der Waals surface area contributed by atoms with Crippen LogP contribution in [0, 0.1) is 5.95 Å². The van der Waals surface area contributed by atoms with Crippen LogP contribution in [0.25, 0.3) is 0 Å². The largest absolute Gasteiger partial charge is 0.330 e. The van der Waals surface area contributed by atoms with Crippen LogP contribution >= 0.6 is 0 Å². The average molecular weight is 171 g/mol. The van der Waals surface area contributed by atoms with Gasteiger partial charge in [-0.2, -0.15) is 9.49 Å². The molecule has 0 aliphatic carbocycles. The maximum atomic E-state index is 13.3. The molecule has 0 aromatic carbocycles. The molecule has 1 aromatic heterocycles. The van der Waals surface area contributed by atoms with E-state index in [9.17, 15) is 4.39 Å². The zero-order valence-electron chi connectivity index (χ0n) is 7.26. The van der Waals surface area contributed by atoms with Gasteiger partial charge < -0.3 is 5.73 Å². The van der Waals surface area contributed by atoms with Gasteiger partial charge in [0.2, 0.25) is 5.95 Å². The number of hydrogen-bond acceptors (Lipinski definition) is 2. The third-order valence-electron chi connectivity index (χ3n) is 1.69. The molecular formula is C8H14FN3. The molecule has 0 radical (unpaired) electrons. The van der Waals surface area contributed by atoms with Crippen molar-refractivity contribution in [2.45, 2.75) is 26.3 Å². The zero-order chi connectivity index (χ0) is 8.97. The lowest BCUT2D eigenvalue weighted by Gasteiger charge is -1.98. The summed E-state index contributed by atoms with van der Waals surface area (Å²) in [5, 5.41) is 3.91. The highest BCUT2D eigenvalue weighted by Crippen LogP contribution is 2.06. The van der Waals surface area contributed by atoms with Gasteiger partial charge in [-0.05, 0) is 19.4 Å². The molecule has 0 aliphatic rings. The van der Waals surface area contributed by atoms with Crippen LogP contribution in [0.3, 0.4) is 0 Å². The maximum absolute atomic E-state index is 13.3. The molecule has 0 spiro atoms. The highest BCUT2D eigenvalue weighted by Gasteiger charge is 2.07. The van der Waals surface area contributed by atoms with Gasteiger partial charge in [-0.3, -0.25) is 0 Å². The third kappa shape index (κ3) is 1.82. The van der Waals surface area contributed by atoms with Crippen LogP contribution in [0.5, 0.6) is 0 Å². The molecule has 1 rings (SSSR count). The van der Waals surface area contributed by atoms with Crippen molar-refractivity contribution >= 4 is 0 Å². The van der Waals surface area contributed by atoms with Gasteiger partial charge >= 0.3 is 0 Å². The van der Waals surface area contributed by atoms with Crippen molar-refractivity contribution in [2.75, 3.05) is 6.54 Å². The maximum Gasteiger partial charge on any atom is 0.214 e. The summed E-state index contributed by atoms with van der Waals surface area (Å²) in [7, 11) is 0. The average Bonchev–Trinajstić information content (AvgIpc) is 2.38. The SMILES string of the molecule is CCCn1ncc(CCN)c1F. The molecule has 68 valence electrons. The van der Waals surface area contributed by atoms with Crippen molar-refractivity contribution < 1.29 is 4.39 Å². The van der Waals surface area contributed by atoms with Gasteiger partial charge in [0.25, 0.3) is 0 Å². The van der Waals surface area contributed by atoms with Crippen molar-refractivity contribution in [1.29, 1.82) is 0 Å². The third-order valence-corrected chi connectivity index (χ3v) is 1.69. The van der Waals surface area contributed by atoms with Crippen molar-refractivity contribution in [2.24, 2.45) is 5.73 Å². The van der Waals surface area contributed by atoms with Crippen LogP contribution in [0.2, 0.25) is 0 Å². The Bertz CT molecular complexity index is 221. The van der Waals surface area contributed by atoms with E-state index in [-0.39, 0.29) is 5.95 Å². The minimum atomic E-state index is -0.234. The molecule has 0 atom stereocenters. The van der Waals surface area contributed by atoms with Crippen molar-refractivity contribution in [3.63, 3.8) is 0 Å². The minimum absolute atomic E-state index is 0.234. The van der Waals surface area contributed by atoms with E-state index in [0.717, 1.165) is 6.42 Å². The van der Waals surface area contributed by atoms with E-state index in [1.807, 2.05) is 6.92 Å². The smallest absolute Gasteiger partial charge is 0.214 e. The summed E-state index contributed by atoms with van der Waals surface area (Å²) in [5.41, 5.74) is 5.93. The minimum Gasteiger partial charge on any atom is -0.330 e. The normalized spacial score (nSPS) is 10.6. The van der Waals surface area contributed by atoms with Gasteiger partial charge in [-0.25, -0.2) is 4.68 Å². The molecular weight excluding hydrogens is 157 g/mol. The van der Waals surface area contributed by atoms with Crippen LogP contribution in [-0.2, 0) is 13.0 Å². The Balaban J connectivity index is 2.74. The number of rotatable bonds is 4. The fraction of sp³-hybridized carbons (Fsp3) is 0.625. The molecule has 2 N–H and O–H groups in total. The molecule has 0 fully saturated rings. The number of nitrogens with two attached hydrogens (primary N) is 1. The van der Waals surface area contributed by atoms with Crippen LogP contribution in [0.4, 0.5) is 4.39 Å². The van der Waals surface area contributed by atoms with Crippen molar-refractivity contribution in [3.8, 4) is 0 Å². The van der Waals surface area contributed by atoms with E-state index in [1.54, 1.807) is 6.20 Å².